The molecule has 0 bridgehead atoms. The smallest absolute Gasteiger partial charge is 0.141 e. The van der Waals surface area contributed by atoms with E-state index in [2.05, 4.69) is 16.4 Å². The largest absolute Gasteiger partial charge is 0.497 e. The molecule has 0 radical (unpaired) electrons. The maximum absolute atomic E-state index is 5.21. The highest BCUT2D eigenvalue weighted by atomic mass is 32.1. The van der Waals surface area contributed by atoms with Gasteiger partial charge in [-0.15, -0.1) is 11.3 Å². The van der Waals surface area contributed by atoms with E-state index < -0.39 is 0 Å². The lowest BCUT2D eigenvalue weighted by molar-refractivity contribution is 0.415. The van der Waals surface area contributed by atoms with E-state index in [1.807, 2.05) is 18.2 Å². The lowest BCUT2D eigenvalue weighted by atomic mass is 10.2. The minimum absolute atomic E-state index is 0.876. The third kappa shape index (κ3) is 1.55. The fraction of sp³-hybridized carbons (Fsp3) is 0.250. The van der Waals surface area contributed by atoms with Gasteiger partial charge in [-0.1, -0.05) is 12.1 Å². The van der Waals surface area contributed by atoms with Gasteiger partial charge in [0.2, 0.25) is 0 Å². The number of hydrogen-bond donors (Lipinski definition) is 1. The number of methoxy groups -OCH3 is 1. The first kappa shape index (κ1) is 9.66. The van der Waals surface area contributed by atoms with Crippen LogP contribution in [0, 0.1) is 0 Å². The molecule has 0 saturated heterocycles. The van der Waals surface area contributed by atoms with Gasteiger partial charge in [0.1, 0.15) is 16.6 Å². The van der Waals surface area contributed by atoms with Crippen molar-refractivity contribution in [3.63, 3.8) is 0 Å². The second kappa shape index (κ2) is 3.79. The molecule has 82 valence electrons. The summed E-state index contributed by atoms with van der Waals surface area (Å²) >= 11 is 1.77. The molecule has 0 aliphatic carbocycles. The van der Waals surface area contributed by atoms with E-state index in [4.69, 9.17) is 4.74 Å². The number of rotatable bonds is 2. The van der Waals surface area contributed by atoms with Crippen LogP contribution in [0.2, 0.25) is 0 Å². The Bertz CT molecular complexity index is 500. The van der Waals surface area contributed by atoms with Crippen LogP contribution in [-0.4, -0.2) is 18.6 Å². The molecule has 1 aromatic carbocycles. The van der Waals surface area contributed by atoms with Gasteiger partial charge in [0.15, 0.2) is 0 Å². The van der Waals surface area contributed by atoms with Crippen LogP contribution in [0.5, 0.6) is 5.75 Å². The molecule has 1 aliphatic rings. The monoisotopic (exact) mass is 232 g/mol. The van der Waals surface area contributed by atoms with E-state index in [1.165, 1.54) is 4.88 Å². The zero-order valence-electron chi connectivity index (χ0n) is 8.99. The Morgan fingerprint density at radius 1 is 1.44 bits per heavy atom. The second-order valence-corrected chi connectivity index (χ2v) is 4.78. The molecule has 0 atom stereocenters. The molecule has 0 fully saturated rings. The van der Waals surface area contributed by atoms with Crippen molar-refractivity contribution < 1.29 is 4.74 Å². The molecule has 4 heteroatoms. The van der Waals surface area contributed by atoms with Gasteiger partial charge in [0.05, 0.1) is 12.0 Å². The van der Waals surface area contributed by atoms with Gasteiger partial charge in [-0.25, -0.2) is 4.98 Å². The van der Waals surface area contributed by atoms with Gasteiger partial charge in [-0.2, -0.15) is 0 Å². The summed E-state index contributed by atoms with van der Waals surface area (Å²) in [6.45, 7) is 1.02. The molecule has 16 heavy (non-hydrogen) atoms. The van der Waals surface area contributed by atoms with E-state index >= 15 is 0 Å². The van der Waals surface area contributed by atoms with Crippen LogP contribution in [0.4, 0.5) is 5.82 Å². The van der Waals surface area contributed by atoms with Gasteiger partial charge in [-0.05, 0) is 12.1 Å². The summed E-state index contributed by atoms with van der Waals surface area (Å²) in [7, 11) is 1.68. The number of aromatic nitrogens is 1. The molecule has 1 N–H and O–H groups in total. The van der Waals surface area contributed by atoms with Crippen LogP contribution in [0.15, 0.2) is 24.3 Å². The van der Waals surface area contributed by atoms with Crippen molar-refractivity contribution in [1.82, 2.24) is 4.98 Å². The highest BCUT2D eigenvalue weighted by molar-refractivity contribution is 7.15. The third-order valence-electron chi connectivity index (χ3n) is 2.66. The number of nitrogens with zero attached hydrogens (tertiary/aromatic N) is 1. The van der Waals surface area contributed by atoms with Crippen molar-refractivity contribution in [3.05, 3.63) is 29.1 Å². The van der Waals surface area contributed by atoms with Crippen molar-refractivity contribution in [1.29, 1.82) is 0 Å². The van der Waals surface area contributed by atoms with Crippen molar-refractivity contribution in [2.45, 2.75) is 6.42 Å². The Hall–Kier alpha value is -1.55. The lowest BCUT2D eigenvalue weighted by Gasteiger charge is -2.01. The Balaban J connectivity index is 2.01. The highest BCUT2D eigenvalue weighted by Gasteiger charge is 2.16. The van der Waals surface area contributed by atoms with Crippen molar-refractivity contribution in [2.75, 3.05) is 19.0 Å². The fourth-order valence-electron chi connectivity index (χ4n) is 1.83. The molecule has 0 saturated carbocycles. The van der Waals surface area contributed by atoms with Crippen LogP contribution < -0.4 is 10.1 Å². The summed E-state index contributed by atoms with van der Waals surface area (Å²) in [6, 6.07) is 8.03. The number of benzene rings is 1. The molecule has 2 heterocycles. The molecule has 0 unspecified atom stereocenters. The number of nitrogens with one attached hydrogen (secondary N) is 1. The van der Waals surface area contributed by atoms with Gasteiger partial charge in [-0.3, -0.25) is 0 Å². The van der Waals surface area contributed by atoms with Gasteiger partial charge in [0.25, 0.3) is 0 Å². The molecule has 3 rings (SSSR count). The molecule has 0 spiro atoms. The standard InChI is InChI=1S/C12H12N2OS/c1-15-9-4-2-3-8(7-9)12-14-11-10(16-12)5-6-13-11/h2-4,7,13H,5-6H2,1H3. The van der Waals surface area contributed by atoms with Crippen molar-refractivity contribution >= 4 is 17.2 Å². The molecular weight excluding hydrogens is 220 g/mol. The number of fused-ring (bicyclic) bond motifs is 1. The van der Waals surface area contributed by atoms with Crippen LogP contribution in [0.3, 0.4) is 0 Å². The topological polar surface area (TPSA) is 34.1 Å². The van der Waals surface area contributed by atoms with E-state index in [1.54, 1.807) is 18.4 Å². The molecule has 1 aliphatic heterocycles. The van der Waals surface area contributed by atoms with E-state index in [0.29, 0.717) is 0 Å². The number of anilines is 1. The fourth-order valence-corrected chi connectivity index (χ4v) is 2.87. The van der Waals surface area contributed by atoms with E-state index in [-0.39, 0.29) is 0 Å². The van der Waals surface area contributed by atoms with Crippen LogP contribution in [0.1, 0.15) is 4.88 Å². The minimum Gasteiger partial charge on any atom is -0.497 e. The average Bonchev–Trinajstić information content (AvgIpc) is 2.89. The van der Waals surface area contributed by atoms with Crippen molar-refractivity contribution in [2.24, 2.45) is 0 Å². The predicted molar refractivity (Wildman–Crippen MR) is 66.3 cm³/mol. The average molecular weight is 232 g/mol. The third-order valence-corrected chi connectivity index (χ3v) is 3.82. The molecule has 1 aromatic heterocycles. The molecule has 3 nitrogen and oxygen atoms in total. The summed E-state index contributed by atoms with van der Waals surface area (Å²) in [5, 5.41) is 4.35. The summed E-state index contributed by atoms with van der Waals surface area (Å²) < 4.78 is 5.21. The Kier molecular flexibility index (Phi) is 2.29. The zero-order valence-corrected chi connectivity index (χ0v) is 9.80. The predicted octanol–water partition coefficient (Wildman–Crippen LogP) is 2.79. The quantitative estimate of drug-likeness (QED) is 0.864. The van der Waals surface area contributed by atoms with Gasteiger partial charge in [0, 0.05) is 18.5 Å². The van der Waals surface area contributed by atoms with Crippen molar-refractivity contribution in [3.8, 4) is 16.3 Å². The molecule has 0 amide bonds. The maximum Gasteiger partial charge on any atom is 0.141 e. The summed E-state index contributed by atoms with van der Waals surface area (Å²) in [5.74, 6) is 1.93. The summed E-state index contributed by atoms with van der Waals surface area (Å²) in [5.41, 5.74) is 1.13. The number of hydrogen-bond acceptors (Lipinski definition) is 4. The Morgan fingerprint density at radius 3 is 3.19 bits per heavy atom. The first-order valence-corrected chi connectivity index (χ1v) is 6.06. The van der Waals surface area contributed by atoms with Gasteiger partial charge < -0.3 is 10.1 Å². The maximum atomic E-state index is 5.21. The lowest BCUT2D eigenvalue weighted by Crippen LogP contribution is -1.93. The van der Waals surface area contributed by atoms with Crippen LogP contribution in [0.25, 0.3) is 10.6 Å². The first-order chi connectivity index (χ1) is 7.86. The SMILES string of the molecule is COc1cccc(-c2nc3c(s2)CCN3)c1. The summed E-state index contributed by atoms with van der Waals surface area (Å²) in [4.78, 5) is 5.95. The number of thiazole rings is 1. The number of ether oxygens (including phenoxy) is 1. The zero-order chi connectivity index (χ0) is 11.0. The minimum atomic E-state index is 0.876. The Morgan fingerprint density at radius 2 is 2.38 bits per heavy atom. The normalized spacial score (nSPS) is 13.3. The first-order valence-electron chi connectivity index (χ1n) is 5.25. The van der Waals surface area contributed by atoms with E-state index in [0.717, 1.165) is 35.1 Å². The highest BCUT2D eigenvalue weighted by Crippen LogP contribution is 2.34. The second-order valence-electron chi connectivity index (χ2n) is 3.70. The van der Waals surface area contributed by atoms with Crippen LogP contribution >= 0.6 is 11.3 Å². The summed E-state index contributed by atoms with van der Waals surface area (Å²) in [6.07, 6.45) is 1.09. The molecule has 2 aromatic rings. The van der Waals surface area contributed by atoms with Crippen LogP contribution in [-0.2, 0) is 6.42 Å². The van der Waals surface area contributed by atoms with Gasteiger partial charge >= 0.3 is 0 Å². The Labute approximate surface area is 98.1 Å². The molecular formula is C12H12N2OS. The van der Waals surface area contributed by atoms with E-state index in [9.17, 15) is 0 Å².